The third-order valence-electron chi connectivity index (χ3n) is 7.25. The van der Waals surface area contributed by atoms with Gasteiger partial charge in [0.2, 0.25) is 0 Å². The predicted octanol–water partition coefficient (Wildman–Crippen LogP) is 9.05. The summed E-state index contributed by atoms with van der Waals surface area (Å²) in [5, 5.41) is 1.99. The lowest BCUT2D eigenvalue weighted by molar-refractivity contribution is 0.671. The van der Waals surface area contributed by atoms with Gasteiger partial charge in [-0.15, -0.1) is 0 Å². The summed E-state index contributed by atoms with van der Waals surface area (Å²) in [6.07, 6.45) is 0. The molecule has 6 aromatic carbocycles. The highest BCUT2D eigenvalue weighted by Gasteiger charge is 2.19. The number of hydrogen-bond donors (Lipinski definition) is 0. The number of hydrogen-bond acceptors (Lipinski definition) is 1. The largest absolute Gasteiger partial charge is 0.455 e. The molecule has 2 heteroatoms. The topological polar surface area (TPSA) is 13.1 Å². The molecular formula is C36H23BO. The van der Waals surface area contributed by atoms with Crippen LogP contribution in [0.3, 0.4) is 0 Å². The monoisotopic (exact) mass is 482 g/mol. The standard InChI is InChI=1S/C36H23BO/c37-33-21-20-30(28-18-16-26(17-19-28)24-10-4-1-5-11-24)36-34(33)32-23-29(25-12-6-2-7-13-25)22-31(35(32)38-36)27-14-8-3-9-15-27/h1-23H. The van der Waals surface area contributed by atoms with Gasteiger partial charge in [-0.1, -0.05) is 133 Å². The van der Waals surface area contributed by atoms with E-state index in [1.54, 1.807) is 0 Å². The third-order valence-corrected chi connectivity index (χ3v) is 7.25. The van der Waals surface area contributed by atoms with E-state index in [4.69, 9.17) is 12.3 Å². The predicted molar refractivity (Wildman–Crippen MR) is 161 cm³/mol. The Morgan fingerprint density at radius 2 is 0.895 bits per heavy atom. The van der Waals surface area contributed by atoms with Crippen LogP contribution in [0.1, 0.15) is 0 Å². The van der Waals surface area contributed by atoms with E-state index in [2.05, 4.69) is 115 Å². The van der Waals surface area contributed by atoms with E-state index in [1.165, 1.54) is 11.1 Å². The molecule has 0 aliphatic carbocycles. The van der Waals surface area contributed by atoms with Crippen molar-refractivity contribution in [2.45, 2.75) is 0 Å². The Balaban J connectivity index is 1.47. The molecule has 1 heterocycles. The summed E-state index contributed by atoms with van der Waals surface area (Å²) >= 11 is 0. The lowest BCUT2D eigenvalue weighted by Crippen LogP contribution is -2.02. The fourth-order valence-corrected chi connectivity index (χ4v) is 5.34. The van der Waals surface area contributed by atoms with Crippen molar-refractivity contribution in [3.8, 4) is 44.5 Å². The van der Waals surface area contributed by atoms with Crippen LogP contribution in [0.25, 0.3) is 66.4 Å². The smallest absolute Gasteiger partial charge is 0.143 e. The highest BCUT2D eigenvalue weighted by molar-refractivity contribution is 6.42. The molecule has 0 amide bonds. The highest BCUT2D eigenvalue weighted by atomic mass is 16.3. The maximum absolute atomic E-state index is 6.73. The molecule has 0 saturated carbocycles. The first-order chi connectivity index (χ1) is 18.8. The fraction of sp³-hybridized carbons (Fsp3) is 0. The molecule has 0 atom stereocenters. The van der Waals surface area contributed by atoms with Crippen LogP contribution in [0, 0.1) is 0 Å². The Bertz CT molecular complexity index is 1890. The molecule has 0 bridgehead atoms. The first-order valence-corrected chi connectivity index (χ1v) is 12.8. The van der Waals surface area contributed by atoms with Gasteiger partial charge in [0.25, 0.3) is 0 Å². The van der Waals surface area contributed by atoms with Crippen LogP contribution in [0.4, 0.5) is 0 Å². The van der Waals surface area contributed by atoms with Gasteiger partial charge in [0, 0.05) is 21.9 Å². The van der Waals surface area contributed by atoms with E-state index in [1.807, 2.05) is 24.3 Å². The van der Waals surface area contributed by atoms with Crippen molar-refractivity contribution < 1.29 is 4.42 Å². The summed E-state index contributed by atoms with van der Waals surface area (Å²) in [6.45, 7) is 0. The van der Waals surface area contributed by atoms with Gasteiger partial charge >= 0.3 is 0 Å². The molecule has 0 fully saturated rings. The summed E-state index contributed by atoms with van der Waals surface area (Å²) in [4.78, 5) is 0. The summed E-state index contributed by atoms with van der Waals surface area (Å²) in [5.41, 5.74) is 11.4. The van der Waals surface area contributed by atoms with Gasteiger partial charge in [0.05, 0.1) is 0 Å². The minimum atomic E-state index is 0.715. The zero-order chi connectivity index (χ0) is 25.5. The molecule has 0 aliphatic heterocycles. The maximum Gasteiger partial charge on any atom is 0.143 e. The summed E-state index contributed by atoms with van der Waals surface area (Å²) < 4.78 is 6.73. The summed E-state index contributed by atoms with van der Waals surface area (Å²) in [6, 6.07) is 48.5. The van der Waals surface area contributed by atoms with E-state index < -0.39 is 0 Å². The molecule has 0 N–H and O–H groups in total. The normalized spacial score (nSPS) is 11.3. The van der Waals surface area contributed by atoms with Crippen molar-refractivity contribution in [1.29, 1.82) is 0 Å². The van der Waals surface area contributed by atoms with Crippen molar-refractivity contribution in [3.05, 3.63) is 140 Å². The second kappa shape index (κ2) is 9.25. The maximum atomic E-state index is 6.73. The number of benzene rings is 6. The SMILES string of the molecule is [B]c1ccc(-c2ccc(-c3ccccc3)cc2)c2oc3c(-c4ccccc4)cc(-c4ccccc4)cc3c12. The van der Waals surface area contributed by atoms with Gasteiger partial charge in [0.15, 0.2) is 0 Å². The summed E-state index contributed by atoms with van der Waals surface area (Å²) in [7, 11) is 6.63. The molecule has 176 valence electrons. The summed E-state index contributed by atoms with van der Waals surface area (Å²) in [5.74, 6) is 0. The average Bonchev–Trinajstić information content (AvgIpc) is 3.39. The van der Waals surface area contributed by atoms with Crippen molar-refractivity contribution in [2.24, 2.45) is 0 Å². The van der Waals surface area contributed by atoms with Gasteiger partial charge in [-0.05, 0) is 45.5 Å². The number of furan rings is 1. The first-order valence-electron chi connectivity index (χ1n) is 12.8. The first kappa shape index (κ1) is 22.4. The molecule has 2 radical (unpaired) electrons. The molecular weight excluding hydrogens is 459 g/mol. The lowest BCUT2D eigenvalue weighted by atomic mass is 9.87. The molecule has 38 heavy (non-hydrogen) atoms. The second-order valence-electron chi connectivity index (χ2n) is 9.58. The van der Waals surface area contributed by atoms with Crippen molar-refractivity contribution >= 4 is 35.2 Å². The minimum Gasteiger partial charge on any atom is -0.455 e. The van der Waals surface area contributed by atoms with Gasteiger partial charge in [-0.3, -0.25) is 0 Å². The Kier molecular flexibility index (Phi) is 5.45. The van der Waals surface area contributed by atoms with E-state index >= 15 is 0 Å². The van der Waals surface area contributed by atoms with Crippen LogP contribution in [0.2, 0.25) is 0 Å². The van der Waals surface area contributed by atoms with E-state index in [9.17, 15) is 0 Å². The fourth-order valence-electron chi connectivity index (χ4n) is 5.34. The van der Waals surface area contributed by atoms with Crippen LogP contribution >= 0.6 is 0 Å². The van der Waals surface area contributed by atoms with Crippen LogP contribution in [0.15, 0.2) is 144 Å². The molecule has 1 nitrogen and oxygen atoms in total. The molecule has 0 spiro atoms. The Hall–Kier alpha value is -4.82. The zero-order valence-electron chi connectivity index (χ0n) is 20.8. The molecule has 7 rings (SSSR count). The number of rotatable bonds is 4. The van der Waals surface area contributed by atoms with Gasteiger partial charge < -0.3 is 4.42 Å². The minimum absolute atomic E-state index is 0.715. The highest BCUT2D eigenvalue weighted by Crippen LogP contribution is 2.41. The molecule has 7 aromatic rings. The van der Waals surface area contributed by atoms with E-state index in [0.29, 0.717) is 5.46 Å². The van der Waals surface area contributed by atoms with E-state index in [0.717, 1.165) is 55.3 Å². The van der Waals surface area contributed by atoms with Crippen molar-refractivity contribution in [2.75, 3.05) is 0 Å². The number of fused-ring (bicyclic) bond motifs is 3. The third kappa shape index (κ3) is 3.83. The molecule has 1 aromatic heterocycles. The van der Waals surface area contributed by atoms with Crippen LogP contribution in [-0.2, 0) is 0 Å². The Morgan fingerprint density at radius 3 is 1.53 bits per heavy atom. The quantitative estimate of drug-likeness (QED) is 0.228. The van der Waals surface area contributed by atoms with E-state index in [-0.39, 0.29) is 0 Å². The van der Waals surface area contributed by atoms with Gasteiger partial charge in [-0.2, -0.15) is 0 Å². The van der Waals surface area contributed by atoms with Gasteiger partial charge in [0.1, 0.15) is 19.0 Å². The van der Waals surface area contributed by atoms with Crippen LogP contribution in [0.5, 0.6) is 0 Å². The molecule has 0 saturated heterocycles. The average molecular weight is 482 g/mol. The zero-order valence-corrected chi connectivity index (χ0v) is 20.8. The van der Waals surface area contributed by atoms with Crippen LogP contribution in [-0.4, -0.2) is 7.85 Å². The Labute approximate surface area is 223 Å². The van der Waals surface area contributed by atoms with Crippen LogP contribution < -0.4 is 5.46 Å². The van der Waals surface area contributed by atoms with Gasteiger partial charge in [-0.25, -0.2) is 0 Å². The Morgan fingerprint density at radius 1 is 0.395 bits per heavy atom. The van der Waals surface area contributed by atoms with Crippen molar-refractivity contribution in [3.63, 3.8) is 0 Å². The molecule has 0 aliphatic rings. The van der Waals surface area contributed by atoms with Crippen molar-refractivity contribution in [1.82, 2.24) is 0 Å². The molecule has 0 unspecified atom stereocenters. The lowest BCUT2D eigenvalue weighted by Gasteiger charge is -2.08. The second-order valence-corrected chi connectivity index (χ2v) is 9.58.